The highest BCUT2D eigenvalue weighted by atomic mass is 32.2. The Morgan fingerprint density at radius 1 is 1.12 bits per heavy atom. The van der Waals surface area contributed by atoms with E-state index in [0.29, 0.717) is 18.9 Å². The van der Waals surface area contributed by atoms with Gasteiger partial charge in [0.1, 0.15) is 12.7 Å². The second-order valence-corrected chi connectivity index (χ2v) is 7.72. The third-order valence-electron chi connectivity index (χ3n) is 4.59. The van der Waals surface area contributed by atoms with Crippen LogP contribution in [0.1, 0.15) is 12.0 Å². The third-order valence-corrected chi connectivity index (χ3v) is 5.53. The van der Waals surface area contributed by atoms with Gasteiger partial charge >= 0.3 is 0 Å². The van der Waals surface area contributed by atoms with Crippen LogP contribution < -0.4 is 9.47 Å². The molecule has 2 saturated heterocycles. The molecule has 134 valence electrons. The zero-order valence-electron chi connectivity index (χ0n) is 14.4. The lowest BCUT2D eigenvalue weighted by molar-refractivity contribution is 0.0704. The number of likely N-dealkylation sites (tertiary alicyclic amines) is 1. The maximum Gasteiger partial charge on any atom is 0.161 e. The quantitative estimate of drug-likeness (QED) is 0.768. The van der Waals surface area contributed by atoms with E-state index in [2.05, 4.69) is 15.9 Å². The Morgan fingerprint density at radius 2 is 1.92 bits per heavy atom. The lowest BCUT2D eigenvalue weighted by atomic mass is 10.1. The Hall–Kier alpha value is -0.950. The molecule has 3 rings (SSSR count). The number of methoxy groups -OCH3 is 1. The molecule has 5 nitrogen and oxygen atoms in total. The number of rotatable bonds is 8. The molecule has 0 aliphatic carbocycles. The van der Waals surface area contributed by atoms with Gasteiger partial charge in [-0.3, -0.25) is 9.80 Å². The van der Waals surface area contributed by atoms with Crippen molar-refractivity contribution < 1.29 is 14.6 Å². The van der Waals surface area contributed by atoms with Crippen molar-refractivity contribution in [1.29, 1.82) is 0 Å². The molecule has 1 aromatic rings. The van der Waals surface area contributed by atoms with Gasteiger partial charge < -0.3 is 14.6 Å². The Morgan fingerprint density at radius 3 is 2.58 bits per heavy atom. The molecule has 1 unspecified atom stereocenters. The van der Waals surface area contributed by atoms with E-state index < -0.39 is 6.10 Å². The lowest BCUT2D eigenvalue weighted by Crippen LogP contribution is -2.40. The van der Waals surface area contributed by atoms with Crippen molar-refractivity contribution in [3.63, 3.8) is 0 Å². The van der Waals surface area contributed by atoms with Crippen LogP contribution in [0.5, 0.6) is 11.5 Å². The van der Waals surface area contributed by atoms with Crippen LogP contribution in [0.3, 0.4) is 0 Å². The van der Waals surface area contributed by atoms with Gasteiger partial charge in [-0.05, 0) is 37.2 Å². The molecule has 1 atom stereocenters. The molecular formula is C18H28N2O3S. The molecule has 1 aromatic carbocycles. The first-order valence-corrected chi connectivity index (χ1v) is 9.90. The summed E-state index contributed by atoms with van der Waals surface area (Å²) in [5, 5.41) is 10.2. The van der Waals surface area contributed by atoms with Gasteiger partial charge in [0.05, 0.1) is 7.11 Å². The molecule has 2 heterocycles. The van der Waals surface area contributed by atoms with Gasteiger partial charge in [-0.2, -0.15) is 11.8 Å². The number of aliphatic hydroxyl groups is 1. The van der Waals surface area contributed by atoms with E-state index in [0.717, 1.165) is 36.9 Å². The number of nitrogens with zero attached hydrogens (tertiary/aromatic N) is 2. The summed E-state index contributed by atoms with van der Waals surface area (Å²) in [6, 6.07) is 6.09. The van der Waals surface area contributed by atoms with Gasteiger partial charge in [0.2, 0.25) is 0 Å². The predicted octanol–water partition coefficient (Wildman–Crippen LogP) is 1.69. The largest absolute Gasteiger partial charge is 0.493 e. The van der Waals surface area contributed by atoms with E-state index in [9.17, 15) is 5.11 Å². The summed E-state index contributed by atoms with van der Waals surface area (Å²) in [7, 11) is 1.66. The van der Waals surface area contributed by atoms with Crippen LogP contribution >= 0.6 is 11.8 Å². The summed E-state index contributed by atoms with van der Waals surface area (Å²) in [5.74, 6) is 3.76. The van der Waals surface area contributed by atoms with Gasteiger partial charge in [0.15, 0.2) is 11.5 Å². The Labute approximate surface area is 148 Å². The number of hydrogen-bond donors (Lipinski definition) is 1. The highest BCUT2D eigenvalue weighted by Gasteiger charge is 2.17. The molecule has 24 heavy (non-hydrogen) atoms. The maximum atomic E-state index is 10.2. The molecule has 0 aromatic heterocycles. The van der Waals surface area contributed by atoms with Crippen molar-refractivity contribution in [3.05, 3.63) is 23.8 Å². The van der Waals surface area contributed by atoms with Crippen LogP contribution in [-0.4, -0.2) is 79.0 Å². The van der Waals surface area contributed by atoms with E-state index in [1.807, 2.05) is 23.9 Å². The average molecular weight is 353 g/mol. The minimum Gasteiger partial charge on any atom is -0.493 e. The van der Waals surface area contributed by atoms with Gasteiger partial charge in [-0.25, -0.2) is 0 Å². The maximum absolute atomic E-state index is 10.2. The monoisotopic (exact) mass is 352 g/mol. The molecular weight excluding hydrogens is 324 g/mol. The predicted molar refractivity (Wildman–Crippen MR) is 98.2 cm³/mol. The van der Waals surface area contributed by atoms with E-state index in [1.54, 1.807) is 7.11 Å². The van der Waals surface area contributed by atoms with Crippen LogP contribution in [0.25, 0.3) is 0 Å². The second-order valence-electron chi connectivity index (χ2n) is 6.49. The van der Waals surface area contributed by atoms with Gasteiger partial charge in [-0.15, -0.1) is 0 Å². The first-order valence-electron chi connectivity index (χ1n) is 8.75. The molecule has 2 aliphatic heterocycles. The SMILES string of the molecule is COc1cc(CN2CCC2)ccc1OCC(O)CN1CCSCC1. The topological polar surface area (TPSA) is 45.2 Å². The number of thioether (sulfide) groups is 1. The first kappa shape index (κ1) is 17.9. The zero-order chi connectivity index (χ0) is 16.8. The molecule has 0 saturated carbocycles. The molecule has 6 heteroatoms. The number of β-amino-alcohol motifs (C(OH)–C–C–N with tert-alkyl or cyclic N) is 1. The molecule has 2 fully saturated rings. The summed E-state index contributed by atoms with van der Waals surface area (Å²) in [6.07, 6.45) is 0.824. The summed E-state index contributed by atoms with van der Waals surface area (Å²) in [6.45, 7) is 6.41. The van der Waals surface area contributed by atoms with Crippen LogP contribution in [-0.2, 0) is 6.54 Å². The van der Waals surface area contributed by atoms with Crippen molar-refractivity contribution in [2.75, 3.05) is 57.9 Å². The zero-order valence-corrected chi connectivity index (χ0v) is 15.3. The summed E-state index contributed by atoms with van der Waals surface area (Å²) >= 11 is 1.98. The smallest absolute Gasteiger partial charge is 0.161 e. The molecule has 1 N–H and O–H groups in total. The van der Waals surface area contributed by atoms with Crippen molar-refractivity contribution in [2.45, 2.75) is 19.1 Å². The van der Waals surface area contributed by atoms with E-state index in [4.69, 9.17) is 9.47 Å². The fraction of sp³-hybridized carbons (Fsp3) is 0.667. The number of aliphatic hydroxyl groups excluding tert-OH is 1. The molecule has 0 amide bonds. The highest BCUT2D eigenvalue weighted by Crippen LogP contribution is 2.29. The second kappa shape index (κ2) is 8.94. The van der Waals surface area contributed by atoms with Crippen LogP contribution in [0.2, 0.25) is 0 Å². The van der Waals surface area contributed by atoms with Crippen molar-refractivity contribution >= 4 is 11.8 Å². The highest BCUT2D eigenvalue weighted by molar-refractivity contribution is 7.99. The first-order chi connectivity index (χ1) is 11.7. The fourth-order valence-electron chi connectivity index (χ4n) is 3.05. The normalized spacial score (nSPS) is 20.4. The number of benzene rings is 1. The minimum atomic E-state index is -0.474. The van der Waals surface area contributed by atoms with E-state index in [-0.39, 0.29) is 0 Å². The molecule has 0 radical (unpaired) electrons. The van der Waals surface area contributed by atoms with Crippen molar-refractivity contribution in [3.8, 4) is 11.5 Å². The number of ether oxygens (including phenoxy) is 2. The lowest BCUT2D eigenvalue weighted by Gasteiger charge is -2.30. The Bertz CT molecular complexity index is 519. The number of hydrogen-bond acceptors (Lipinski definition) is 6. The standard InChI is InChI=1S/C18H28N2O3S/c1-22-18-11-15(12-19-5-2-6-19)3-4-17(18)23-14-16(21)13-20-7-9-24-10-8-20/h3-4,11,16,21H,2,5-10,12-14H2,1H3. The van der Waals surface area contributed by atoms with Crippen molar-refractivity contribution in [1.82, 2.24) is 9.80 Å². The summed E-state index contributed by atoms with van der Waals surface area (Å²) in [5.41, 5.74) is 1.24. The minimum absolute atomic E-state index is 0.297. The third kappa shape index (κ3) is 5.02. The van der Waals surface area contributed by atoms with Crippen molar-refractivity contribution in [2.24, 2.45) is 0 Å². The van der Waals surface area contributed by atoms with Gasteiger partial charge in [-0.1, -0.05) is 6.07 Å². The summed E-state index contributed by atoms with van der Waals surface area (Å²) < 4.78 is 11.3. The Balaban J connectivity index is 1.49. The van der Waals surface area contributed by atoms with E-state index >= 15 is 0 Å². The molecule has 0 spiro atoms. The Kier molecular flexibility index (Phi) is 6.66. The molecule has 2 aliphatic rings. The van der Waals surface area contributed by atoms with Crippen LogP contribution in [0.4, 0.5) is 0 Å². The summed E-state index contributed by atoms with van der Waals surface area (Å²) in [4.78, 5) is 4.72. The van der Waals surface area contributed by atoms with Crippen LogP contribution in [0, 0.1) is 0 Å². The van der Waals surface area contributed by atoms with E-state index in [1.165, 1.54) is 25.1 Å². The fourth-order valence-corrected chi connectivity index (χ4v) is 4.03. The molecule has 0 bridgehead atoms. The van der Waals surface area contributed by atoms with Gasteiger partial charge in [0, 0.05) is 37.7 Å². The van der Waals surface area contributed by atoms with Gasteiger partial charge in [0.25, 0.3) is 0 Å². The average Bonchev–Trinajstić information content (AvgIpc) is 2.57. The van der Waals surface area contributed by atoms with Crippen LogP contribution in [0.15, 0.2) is 18.2 Å².